The third kappa shape index (κ3) is 1.97. The zero-order chi connectivity index (χ0) is 13.2. The van der Waals surface area contributed by atoms with Crippen molar-refractivity contribution >= 4 is 16.7 Å². The molecule has 0 unspecified atom stereocenters. The van der Waals surface area contributed by atoms with E-state index in [2.05, 4.69) is 5.10 Å². The fourth-order valence-corrected chi connectivity index (χ4v) is 2.10. The van der Waals surface area contributed by atoms with E-state index in [1.165, 1.54) is 7.11 Å². The second-order valence-electron chi connectivity index (χ2n) is 4.16. The topological polar surface area (TPSA) is 44.1 Å². The normalized spacial score (nSPS) is 10.6. The van der Waals surface area contributed by atoms with Crippen LogP contribution in [0.15, 0.2) is 54.9 Å². The minimum absolute atomic E-state index is 0.365. The minimum Gasteiger partial charge on any atom is -0.465 e. The summed E-state index contributed by atoms with van der Waals surface area (Å²) in [5, 5.41) is 6.23. The Morgan fingerprint density at radius 2 is 1.89 bits per heavy atom. The lowest BCUT2D eigenvalue weighted by Gasteiger charge is -2.10. The van der Waals surface area contributed by atoms with Gasteiger partial charge in [-0.25, -0.2) is 9.48 Å². The first-order valence-corrected chi connectivity index (χ1v) is 5.91. The van der Waals surface area contributed by atoms with Gasteiger partial charge in [-0.1, -0.05) is 24.3 Å². The van der Waals surface area contributed by atoms with Gasteiger partial charge in [-0.3, -0.25) is 0 Å². The van der Waals surface area contributed by atoms with Crippen molar-refractivity contribution in [3.63, 3.8) is 0 Å². The third-order valence-corrected chi connectivity index (χ3v) is 3.02. The number of hydrogen-bond acceptors (Lipinski definition) is 3. The van der Waals surface area contributed by atoms with Gasteiger partial charge in [0.15, 0.2) is 0 Å². The first kappa shape index (κ1) is 11.5. The van der Waals surface area contributed by atoms with Crippen molar-refractivity contribution in [3.05, 3.63) is 60.4 Å². The molecule has 0 aliphatic carbocycles. The van der Waals surface area contributed by atoms with Crippen LogP contribution in [0.1, 0.15) is 10.4 Å². The number of aromatic nitrogens is 2. The molecule has 0 fully saturated rings. The van der Waals surface area contributed by atoms with Crippen molar-refractivity contribution in [1.82, 2.24) is 9.78 Å². The SMILES string of the molecule is COC(=O)c1cc2ccccc2cc1-n1cccn1. The highest BCUT2D eigenvalue weighted by Crippen LogP contribution is 2.23. The van der Waals surface area contributed by atoms with Crippen LogP contribution in [0.4, 0.5) is 0 Å². The molecule has 3 aromatic rings. The van der Waals surface area contributed by atoms with Gasteiger partial charge in [0.1, 0.15) is 0 Å². The van der Waals surface area contributed by atoms with Crippen LogP contribution in [0.5, 0.6) is 0 Å². The second kappa shape index (κ2) is 4.57. The molecular formula is C15H12N2O2. The van der Waals surface area contributed by atoms with Gasteiger partial charge in [0, 0.05) is 12.4 Å². The van der Waals surface area contributed by atoms with E-state index < -0.39 is 0 Å². The minimum atomic E-state index is -0.365. The lowest BCUT2D eigenvalue weighted by Crippen LogP contribution is -2.08. The van der Waals surface area contributed by atoms with Crippen LogP contribution in [0.25, 0.3) is 16.5 Å². The van der Waals surface area contributed by atoms with E-state index in [0.29, 0.717) is 5.56 Å². The number of ether oxygens (including phenoxy) is 1. The van der Waals surface area contributed by atoms with Crippen LogP contribution in [0, 0.1) is 0 Å². The van der Waals surface area contributed by atoms with E-state index in [0.717, 1.165) is 16.5 Å². The fourth-order valence-electron chi connectivity index (χ4n) is 2.10. The average molecular weight is 252 g/mol. The quantitative estimate of drug-likeness (QED) is 0.659. The van der Waals surface area contributed by atoms with E-state index in [1.54, 1.807) is 17.1 Å². The van der Waals surface area contributed by atoms with Gasteiger partial charge in [-0.2, -0.15) is 5.10 Å². The summed E-state index contributed by atoms with van der Waals surface area (Å²) in [6, 6.07) is 13.5. The number of fused-ring (bicyclic) bond motifs is 1. The zero-order valence-corrected chi connectivity index (χ0v) is 10.4. The van der Waals surface area contributed by atoms with Crippen molar-refractivity contribution in [2.75, 3.05) is 7.11 Å². The number of benzene rings is 2. The molecule has 0 saturated heterocycles. The summed E-state index contributed by atoms with van der Waals surface area (Å²) >= 11 is 0. The monoisotopic (exact) mass is 252 g/mol. The number of methoxy groups -OCH3 is 1. The third-order valence-electron chi connectivity index (χ3n) is 3.02. The Bertz CT molecular complexity index is 733. The Morgan fingerprint density at radius 3 is 2.53 bits per heavy atom. The molecule has 0 amide bonds. The molecule has 4 heteroatoms. The Balaban J connectivity index is 2.30. The molecule has 0 spiro atoms. The van der Waals surface area contributed by atoms with E-state index in [4.69, 9.17) is 4.74 Å². The van der Waals surface area contributed by atoms with E-state index in [9.17, 15) is 4.79 Å². The van der Waals surface area contributed by atoms with Gasteiger partial charge in [0.05, 0.1) is 18.4 Å². The molecule has 0 bridgehead atoms. The van der Waals surface area contributed by atoms with E-state index in [-0.39, 0.29) is 5.97 Å². The molecule has 0 atom stereocenters. The molecule has 0 saturated carbocycles. The van der Waals surface area contributed by atoms with Gasteiger partial charge < -0.3 is 4.74 Å². The predicted octanol–water partition coefficient (Wildman–Crippen LogP) is 2.81. The van der Waals surface area contributed by atoms with Gasteiger partial charge >= 0.3 is 5.97 Å². The van der Waals surface area contributed by atoms with Crippen LogP contribution >= 0.6 is 0 Å². The molecule has 0 radical (unpaired) electrons. The molecule has 19 heavy (non-hydrogen) atoms. The number of nitrogens with zero attached hydrogens (tertiary/aromatic N) is 2. The summed E-state index contributed by atoms with van der Waals surface area (Å²) in [4.78, 5) is 11.9. The summed E-state index contributed by atoms with van der Waals surface area (Å²) in [5.74, 6) is -0.365. The summed E-state index contributed by atoms with van der Waals surface area (Å²) in [5.41, 5.74) is 1.22. The lowest BCUT2D eigenvalue weighted by molar-refractivity contribution is 0.0601. The fraction of sp³-hybridized carbons (Fsp3) is 0.0667. The molecule has 0 aliphatic heterocycles. The molecule has 4 nitrogen and oxygen atoms in total. The molecule has 0 aliphatic rings. The maximum Gasteiger partial charge on any atom is 0.340 e. The Morgan fingerprint density at radius 1 is 1.16 bits per heavy atom. The zero-order valence-electron chi connectivity index (χ0n) is 10.4. The molecule has 94 valence electrons. The molecular weight excluding hydrogens is 240 g/mol. The van der Waals surface area contributed by atoms with Gasteiger partial charge in [0.2, 0.25) is 0 Å². The highest BCUT2D eigenvalue weighted by Gasteiger charge is 2.14. The summed E-state index contributed by atoms with van der Waals surface area (Å²) in [6.45, 7) is 0. The molecule has 2 aromatic carbocycles. The smallest absolute Gasteiger partial charge is 0.340 e. The van der Waals surface area contributed by atoms with Crippen LogP contribution in [0.2, 0.25) is 0 Å². The number of rotatable bonds is 2. The van der Waals surface area contributed by atoms with Crippen LogP contribution in [0.3, 0.4) is 0 Å². The van der Waals surface area contributed by atoms with Crippen molar-refractivity contribution in [2.45, 2.75) is 0 Å². The van der Waals surface area contributed by atoms with E-state index in [1.807, 2.05) is 42.5 Å². The van der Waals surface area contributed by atoms with Gasteiger partial charge in [-0.15, -0.1) is 0 Å². The summed E-state index contributed by atoms with van der Waals surface area (Å²) in [6.07, 6.45) is 3.48. The Kier molecular flexibility index (Phi) is 2.76. The number of esters is 1. The highest BCUT2D eigenvalue weighted by atomic mass is 16.5. The average Bonchev–Trinajstić information content (AvgIpc) is 2.99. The van der Waals surface area contributed by atoms with Crippen molar-refractivity contribution in [1.29, 1.82) is 0 Å². The number of carbonyl (C=O) groups excluding carboxylic acids is 1. The van der Waals surface area contributed by atoms with Crippen LogP contribution in [-0.4, -0.2) is 22.9 Å². The standard InChI is InChI=1S/C15H12N2O2/c1-19-15(18)13-9-11-5-2-3-6-12(11)10-14(13)17-8-4-7-16-17/h2-10H,1H3. The highest BCUT2D eigenvalue weighted by molar-refractivity contribution is 5.99. The second-order valence-corrected chi connectivity index (χ2v) is 4.16. The Hall–Kier alpha value is -2.62. The first-order valence-electron chi connectivity index (χ1n) is 5.91. The summed E-state index contributed by atoms with van der Waals surface area (Å²) < 4.78 is 6.51. The maximum atomic E-state index is 11.9. The van der Waals surface area contributed by atoms with Crippen molar-refractivity contribution in [2.24, 2.45) is 0 Å². The predicted molar refractivity (Wildman–Crippen MR) is 72.4 cm³/mol. The number of hydrogen-bond donors (Lipinski definition) is 0. The van der Waals surface area contributed by atoms with Crippen LogP contribution < -0.4 is 0 Å². The number of carbonyl (C=O) groups is 1. The molecule has 1 heterocycles. The van der Waals surface area contributed by atoms with Gasteiger partial charge in [0.25, 0.3) is 0 Å². The van der Waals surface area contributed by atoms with Crippen molar-refractivity contribution < 1.29 is 9.53 Å². The molecule has 1 aromatic heterocycles. The summed E-state index contributed by atoms with van der Waals surface area (Å²) in [7, 11) is 1.38. The van der Waals surface area contributed by atoms with Crippen LogP contribution in [-0.2, 0) is 4.74 Å². The first-order chi connectivity index (χ1) is 9.29. The lowest BCUT2D eigenvalue weighted by atomic mass is 10.0. The largest absolute Gasteiger partial charge is 0.465 e. The molecule has 3 rings (SSSR count). The van der Waals surface area contributed by atoms with Crippen molar-refractivity contribution in [3.8, 4) is 5.69 Å². The van der Waals surface area contributed by atoms with Gasteiger partial charge in [-0.05, 0) is 29.0 Å². The van der Waals surface area contributed by atoms with E-state index >= 15 is 0 Å². The maximum absolute atomic E-state index is 11.9. The molecule has 0 N–H and O–H groups in total. The Labute approximate surface area is 110 Å².